The van der Waals surface area contributed by atoms with E-state index in [9.17, 15) is 4.79 Å². The predicted octanol–water partition coefficient (Wildman–Crippen LogP) is 2.45. The minimum absolute atomic E-state index is 0.0906. The molecule has 0 aliphatic heterocycles. The zero-order valence-corrected chi connectivity index (χ0v) is 13.2. The van der Waals surface area contributed by atoms with Crippen molar-refractivity contribution in [1.82, 2.24) is 14.7 Å². The highest BCUT2D eigenvalue weighted by Crippen LogP contribution is 2.20. The molecule has 0 saturated carbocycles. The molecule has 112 valence electrons. The molecule has 0 unspecified atom stereocenters. The SMILES string of the molecule is Cc1c(CN(C)CC(=O)Nc2ccccc2Cl)cnn1C. The summed E-state index contributed by atoms with van der Waals surface area (Å²) in [6.07, 6.45) is 1.83. The number of halogens is 1. The van der Waals surface area contributed by atoms with E-state index in [1.165, 1.54) is 0 Å². The Hall–Kier alpha value is -1.85. The fourth-order valence-electron chi connectivity index (χ4n) is 2.04. The first kappa shape index (κ1) is 15.5. The lowest BCUT2D eigenvalue weighted by atomic mass is 10.2. The number of benzene rings is 1. The molecule has 0 aliphatic carbocycles. The fraction of sp³-hybridized carbons (Fsp3) is 0.333. The lowest BCUT2D eigenvalue weighted by Crippen LogP contribution is -2.30. The lowest BCUT2D eigenvalue weighted by Gasteiger charge is -2.16. The summed E-state index contributed by atoms with van der Waals surface area (Å²) < 4.78 is 1.83. The van der Waals surface area contributed by atoms with Crippen LogP contribution < -0.4 is 5.32 Å². The topological polar surface area (TPSA) is 50.2 Å². The Morgan fingerprint density at radius 2 is 2.14 bits per heavy atom. The van der Waals surface area contributed by atoms with Crippen molar-refractivity contribution >= 4 is 23.2 Å². The van der Waals surface area contributed by atoms with Gasteiger partial charge in [0.05, 0.1) is 23.5 Å². The molecule has 1 heterocycles. The fourth-order valence-corrected chi connectivity index (χ4v) is 2.23. The summed E-state index contributed by atoms with van der Waals surface area (Å²) in [5.74, 6) is -0.0906. The summed E-state index contributed by atoms with van der Waals surface area (Å²) >= 11 is 6.02. The molecule has 1 amide bonds. The van der Waals surface area contributed by atoms with E-state index < -0.39 is 0 Å². The van der Waals surface area contributed by atoms with Crippen molar-refractivity contribution in [3.05, 3.63) is 46.7 Å². The van der Waals surface area contributed by atoms with E-state index in [0.29, 0.717) is 23.8 Å². The van der Waals surface area contributed by atoms with Crippen molar-refractivity contribution in [3.8, 4) is 0 Å². The molecule has 21 heavy (non-hydrogen) atoms. The largest absolute Gasteiger partial charge is 0.324 e. The van der Waals surface area contributed by atoms with Gasteiger partial charge in [0.15, 0.2) is 0 Å². The van der Waals surface area contributed by atoms with Crippen LogP contribution in [-0.2, 0) is 18.4 Å². The van der Waals surface area contributed by atoms with Crippen molar-refractivity contribution in [2.75, 3.05) is 18.9 Å². The molecule has 0 spiro atoms. The van der Waals surface area contributed by atoms with Crippen LogP contribution in [0.25, 0.3) is 0 Å². The zero-order valence-electron chi connectivity index (χ0n) is 12.4. The number of aromatic nitrogens is 2. The number of nitrogens with zero attached hydrogens (tertiary/aromatic N) is 3. The van der Waals surface area contributed by atoms with Gasteiger partial charge in [-0.3, -0.25) is 14.4 Å². The monoisotopic (exact) mass is 306 g/mol. The van der Waals surface area contributed by atoms with Gasteiger partial charge in [0.2, 0.25) is 5.91 Å². The molecule has 0 saturated heterocycles. The van der Waals surface area contributed by atoms with Crippen LogP contribution in [0.15, 0.2) is 30.5 Å². The van der Waals surface area contributed by atoms with Crippen LogP contribution in [0.1, 0.15) is 11.3 Å². The number of nitrogens with one attached hydrogen (secondary N) is 1. The van der Waals surface area contributed by atoms with Crippen molar-refractivity contribution in [3.63, 3.8) is 0 Å². The summed E-state index contributed by atoms with van der Waals surface area (Å²) in [5, 5.41) is 7.55. The van der Waals surface area contributed by atoms with Crippen LogP contribution >= 0.6 is 11.6 Å². The first-order valence-corrected chi connectivity index (χ1v) is 7.05. The third kappa shape index (κ3) is 4.06. The van der Waals surface area contributed by atoms with E-state index >= 15 is 0 Å². The van der Waals surface area contributed by atoms with E-state index in [1.54, 1.807) is 12.1 Å². The van der Waals surface area contributed by atoms with E-state index in [4.69, 9.17) is 11.6 Å². The number of hydrogen-bond donors (Lipinski definition) is 1. The Labute approximate surface area is 129 Å². The second-order valence-corrected chi connectivity index (χ2v) is 5.49. The van der Waals surface area contributed by atoms with E-state index in [0.717, 1.165) is 11.3 Å². The first-order valence-electron chi connectivity index (χ1n) is 6.67. The van der Waals surface area contributed by atoms with Gasteiger partial charge in [-0.25, -0.2) is 0 Å². The third-order valence-corrected chi connectivity index (χ3v) is 3.67. The zero-order chi connectivity index (χ0) is 15.4. The summed E-state index contributed by atoms with van der Waals surface area (Å²) in [6.45, 7) is 2.98. The van der Waals surface area contributed by atoms with Crippen LogP contribution in [-0.4, -0.2) is 34.2 Å². The quantitative estimate of drug-likeness (QED) is 0.923. The molecule has 0 atom stereocenters. The summed E-state index contributed by atoms with van der Waals surface area (Å²) in [5.41, 5.74) is 2.86. The number of carbonyl (C=O) groups excluding carboxylic acids is 1. The summed E-state index contributed by atoms with van der Waals surface area (Å²) in [7, 11) is 3.81. The molecule has 1 aromatic carbocycles. The minimum atomic E-state index is -0.0906. The number of carbonyl (C=O) groups is 1. The van der Waals surface area contributed by atoms with E-state index in [1.807, 2.05) is 48.9 Å². The number of rotatable bonds is 5. The number of aryl methyl sites for hydroxylation is 1. The second kappa shape index (κ2) is 6.74. The van der Waals surface area contributed by atoms with Gasteiger partial charge in [-0.2, -0.15) is 5.10 Å². The maximum atomic E-state index is 12.0. The molecule has 0 radical (unpaired) electrons. The highest BCUT2D eigenvalue weighted by molar-refractivity contribution is 6.33. The van der Waals surface area contributed by atoms with Gasteiger partial charge >= 0.3 is 0 Å². The van der Waals surface area contributed by atoms with Gasteiger partial charge < -0.3 is 5.32 Å². The van der Waals surface area contributed by atoms with Crippen molar-refractivity contribution in [2.45, 2.75) is 13.5 Å². The molecule has 0 aliphatic rings. The molecular weight excluding hydrogens is 288 g/mol. The van der Waals surface area contributed by atoms with Crippen molar-refractivity contribution in [2.24, 2.45) is 7.05 Å². The standard InChI is InChI=1S/C15H19ClN4O/c1-11-12(8-17-20(11)3)9-19(2)10-15(21)18-14-7-5-4-6-13(14)16/h4-8H,9-10H2,1-3H3,(H,18,21). The summed E-state index contributed by atoms with van der Waals surface area (Å²) in [4.78, 5) is 14.0. The smallest absolute Gasteiger partial charge is 0.238 e. The highest BCUT2D eigenvalue weighted by Gasteiger charge is 2.11. The molecule has 1 aromatic heterocycles. The molecule has 5 nitrogen and oxygen atoms in total. The lowest BCUT2D eigenvalue weighted by molar-refractivity contribution is -0.117. The van der Waals surface area contributed by atoms with E-state index in [2.05, 4.69) is 10.4 Å². The average molecular weight is 307 g/mol. The molecule has 6 heteroatoms. The Morgan fingerprint density at radius 3 is 2.76 bits per heavy atom. The van der Waals surface area contributed by atoms with Crippen molar-refractivity contribution < 1.29 is 4.79 Å². The second-order valence-electron chi connectivity index (χ2n) is 5.08. The maximum absolute atomic E-state index is 12.0. The van der Waals surface area contributed by atoms with Crippen LogP contribution in [0.5, 0.6) is 0 Å². The van der Waals surface area contributed by atoms with Crippen LogP contribution in [0.2, 0.25) is 5.02 Å². The van der Waals surface area contributed by atoms with Crippen LogP contribution in [0.4, 0.5) is 5.69 Å². The normalized spacial score (nSPS) is 10.9. The van der Waals surface area contributed by atoms with E-state index in [-0.39, 0.29) is 5.91 Å². The van der Waals surface area contributed by atoms with Crippen LogP contribution in [0.3, 0.4) is 0 Å². The molecular formula is C15H19ClN4O. The molecule has 1 N–H and O–H groups in total. The summed E-state index contributed by atoms with van der Waals surface area (Å²) in [6, 6.07) is 7.20. The van der Waals surface area contributed by atoms with Gasteiger partial charge in [-0.1, -0.05) is 23.7 Å². The van der Waals surface area contributed by atoms with Gasteiger partial charge in [0.1, 0.15) is 0 Å². The van der Waals surface area contributed by atoms with Gasteiger partial charge in [-0.15, -0.1) is 0 Å². The highest BCUT2D eigenvalue weighted by atomic mass is 35.5. The number of para-hydroxylation sites is 1. The number of hydrogen-bond acceptors (Lipinski definition) is 3. The Balaban J connectivity index is 1.91. The van der Waals surface area contributed by atoms with Gasteiger partial charge in [-0.05, 0) is 26.1 Å². The Morgan fingerprint density at radius 1 is 1.43 bits per heavy atom. The van der Waals surface area contributed by atoms with Crippen LogP contribution in [0, 0.1) is 6.92 Å². The molecule has 2 rings (SSSR count). The van der Waals surface area contributed by atoms with Gasteiger partial charge in [0, 0.05) is 24.8 Å². The number of likely N-dealkylation sites (N-methyl/N-ethyl adjacent to an activating group) is 1. The first-order chi connectivity index (χ1) is 9.97. The third-order valence-electron chi connectivity index (χ3n) is 3.34. The number of amides is 1. The predicted molar refractivity (Wildman–Crippen MR) is 84.4 cm³/mol. The average Bonchev–Trinajstić information content (AvgIpc) is 2.73. The van der Waals surface area contributed by atoms with Gasteiger partial charge in [0.25, 0.3) is 0 Å². The Bertz CT molecular complexity index is 638. The molecule has 0 fully saturated rings. The molecule has 0 bridgehead atoms. The van der Waals surface area contributed by atoms with Crippen molar-refractivity contribution in [1.29, 1.82) is 0 Å². The molecule has 2 aromatic rings. The minimum Gasteiger partial charge on any atom is -0.324 e. The Kier molecular flexibility index (Phi) is 4.98. The number of anilines is 1. The maximum Gasteiger partial charge on any atom is 0.238 e.